The van der Waals surface area contributed by atoms with Crippen LogP contribution in [0.15, 0.2) is 66.7 Å². The smallest absolute Gasteiger partial charge is 0.258 e. The summed E-state index contributed by atoms with van der Waals surface area (Å²) >= 11 is 0. The van der Waals surface area contributed by atoms with Crippen molar-refractivity contribution in [3.8, 4) is 34.1 Å². The second kappa shape index (κ2) is 10.2. The summed E-state index contributed by atoms with van der Waals surface area (Å²) < 4.78 is 21.8. The number of benzene rings is 3. The Labute approximate surface area is 176 Å². The van der Waals surface area contributed by atoms with Gasteiger partial charge in [0.25, 0.3) is 5.91 Å². The first-order chi connectivity index (χ1) is 14.7. The minimum absolute atomic E-state index is 0.0978. The molecule has 0 unspecified atom stereocenters. The fourth-order valence-corrected chi connectivity index (χ4v) is 3.07. The van der Waals surface area contributed by atoms with Gasteiger partial charge in [0.1, 0.15) is 11.5 Å². The zero-order valence-corrected chi connectivity index (χ0v) is 17.3. The van der Waals surface area contributed by atoms with Crippen molar-refractivity contribution in [3.05, 3.63) is 72.3 Å². The Bertz CT molecular complexity index is 988. The maximum Gasteiger partial charge on any atom is 0.258 e. The zero-order valence-electron chi connectivity index (χ0n) is 17.3. The Hall–Kier alpha value is -3.67. The summed E-state index contributed by atoms with van der Waals surface area (Å²) in [6.45, 7) is 0.172. The van der Waals surface area contributed by atoms with Crippen LogP contribution in [0.5, 0.6) is 23.0 Å². The SMILES string of the molecule is COc1cc(OC)c(OC)cc1CNC(=O)COc1ccccc1-c1ccccc1. The van der Waals surface area contributed by atoms with Gasteiger partial charge in [-0.1, -0.05) is 48.5 Å². The van der Waals surface area contributed by atoms with Gasteiger partial charge in [0.05, 0.1) is 21.3 Å². The molecule has 0 bridgehead atoms. The number of para-hydroxylation sites is 1. The molecular weight excluding hydrogens is 382 g/mol. The Morgan fingerprint density at radius 1 is 0.767 bits per heavy atom. The first-order valence-electron chi connectivity index (χ1n) is 9.49. The normalized spacial score (nSPS) is 10.2. The minimum atomic E-state index is -0.241. The summed E-state index contributed by atoms with van der Waals surface area (Å²) in [6.07, 6.45) is 0. The summed E-state index contributed by atoms with van der Waals surface area (Å²) in [5, 5.41) is 2.85. The lowest BCUT2D eigenvalue weighted by Crippen LogP contribution is -2.28. The highest BCUT2D eigenvalue weighted by molar-refractivity contribution is 5.78. The van der Waals surface area contributed by atoms with E-state index in [9.17, 15) is 4.79 Å². The number of nitrogens with one attached hydrogen (secondary N) is 1. The highest BCUT2D eigenvalue weighted by Gasteiger charge is 2.13. The molecule has 0 aliphatic carbocycles. The molecule has 30 heavy (non-hydrogen) atoms. The standard InChI is InChI=1S/C24H25NO5/c1-27-21-14-23(29-3)22(28-2)13-18(21)15-25-24(26)16-30-20-12-8-7-11-19(20)17-9-5-4-6-10-17/h4-14H,15-16H2,1-3H3,(H,25,26). The summed E-state index contributed by atoms with van der Waals surface area (Å²) in [6, 6.07) is 21.1. The second-order valence-electron chi connectivity index (χ2n) is 6.45. The third-order valence-electron chi connectivity index (χ3n) is 4.59. The van der Waals surface area contributed by atoms with Gasteiger partial charge in [0.2, 0.25) is 0 Å². The predicted octanol–water partition coefficient (Wildman–Crippen LogP) is 4.07. The van der Waals surface area contributed by atoms with Crippen LogP contribution in [0.3, 0.4) is 0 Å². The van der Waals surface area contributed by atoms with Crippen LogP contribution < -0.4 is 24.3 Å². The number of carbonyl (C=O) groups is 1. The lowest BCUT2D eigenvalue weighted by atomic mass is 10.1. The van der Waals surface area contributed by atoms with Gasteiger partial charge in [0.15, 0.2) is 18.1 Å². The maximum absolute atomic E-state index is 12.4. The topological polar surface area (TPSA) is 66.0 Å². The van der Waals surface area contributed by atoms with E-state index in [4.69, 9.17) is 18.9 Å². The van der Waals surface area contributed by atoms with Gasteiger partial charge in [-0.05, 0) is 17.7 Å². The number of carbonyl (C=O) groups excluding carboxylic acids is 1. The minimum Gasteiger partial charge on any atom is -0.496 e. The molecule has 156 valence electrons. The van der Waals surface area contributed by atoms with E-state index in [0.29, 0.717) is 23.0 Å². The summed E-state index contributed by atoms with van der Waals surface area (Å²) in [5.74, 6) is 2.14. The maximum atomic E-state index is 12.4. The van der Waals surface area contributed by atoms with Gasteiger partial charge in [-0.2, -0.15) is 0 Å². The molecular formula is C24H25NO5. The number of methoxy groups -OCH3 is 3. The van der Waals surface area contributed by atoms with E-state index in [2.05, 4.69) is 5.32 Å². The molecule has 3 aromatic carbocycles. The summed E-state index contributed by atoms with van der Waals surface area (Å²) in [7, 11) is 4.68. The number of hydrogen-bond donors (Lipinski definition) is 1. The van der Waals surface area contributed by atoms with Crippen molar-refractivity contribution in [1.29, 1.82) is 0 Å². The van der Waals surface area contributed by atoms with E-state index in [-0.39, 0.29) is 19.1 Å². The highest BCUT2D eigenvalue weighted by atomic mass is 16.5. The Morgan fingerprint density at radius 3 is 2.10 bits per heavy atom. The molecule has 6 heteroatoms. The van der Waals surface area contributed by atoms with Crippen LogP contribution in [-0.2, 0) is 11.3 Å². The molecule has 0 atom stereocenters. The zero-order chi connectivity index (χ0) is 21.3. The average molecular weight is 407 g/mol. The molecule has 0 fully saturated rings. The van der Waals surface area contributed by atoms with Crippen LogP contribution in [0.1, 0.15) is 5.56 Å². The van der Waals surface area contributed by atoms with Crippen molar-refractivity contribution in [2.75, 3.05) is 27.9 Å². The van der Waals surface area contributed by atoms with E-state index >= 15 is 0 Å². The van der Waals surface area contributed by atoms with Crippen molar-refractivity contribution in [1.82, 2.24) is 5.32 Å². The lowest BCUT2D eigenvalue weighted by Gasteiger charge is -2.15. The first-order valence-corrected chi connectivity index (χ1v) is 9.49. The van der Waals surface area contributed by atoms with Crippen LogP contribution in [-0.4, -0.2) is 33.8 Å². The molecule has 0 aliphatic heterocycles. The third-order valence-corrected chi connectivity index (χ3v) is 4.59. The van der Waals surface area contributed by atoms with Gasteiger partial charge in [0, 0.05) is 23.7 Å². The van der Waals surface area contributed by atoms with Crippen LogP contribution in [0.2, 0.25) is 0 Å². The summed E-state index contributed by atoms with van der Waals surface area (Å²) in [4.78, 5) is 12.4. The van der Waals surface area contributed by atoms with Crippen molar-refractivity contribution >= 4 is 5.91 Å². The molecule has 0 heterocycles. The van der Waals surface area contributed by atoms with Crippen LogP contribution in [0.25, 0.3) is 11.1 Å². The molecule has 0 aromatic heterocycles. The molecule has 6 nitrogen and oxygen atoms in total. The number of rotatable bonds is 9. The van der Waals surface area contributed by atoms with Gasteiger partial charge in [-0.3, -0.25) is 4.79 Å². The van der Waals surface area contributed by atoms with Gasteiger partial charge < -0.3 is 24.3 Å². The molecule has 1 amide bonds. The Kier molecular flexibility index (Phi) is 7.16. The number of hydrogen-bond acceptors (Lipinski definition) is 5. The largest absolute Gasteiger partial charge is 0.496 e. The van der Waals surface area contributed by atoms with Crippen LogP contribution in [0, 0.1) is 0 Å². The fourth-order valence-electron chi connectivity index (χ4n) is 3.07. The van der Waals surface area contributed by atoms with E-state index in [0.717, 1.165) is 16.7 Å². The molecule has 0 saturated heterocycles. The van der Waals surface area contributed by atoms with E-state index in [1.54, 1.807) is 33.5 Å². The molecule has 0 radical (unpaired) electrons. The van der Waals surface area contributed by atoms with E-state index in [1.807, 2.05) is 54.6 Å². The van der Waals surface area contributed by atoms with Crippen molar-refractivity contribution in [3.63, 3.8) is 0 Å². The Morgan fingerprint density at radius 2 is 1.40 bits per heavy atom. The van der Waals surface area contributed by atoms with E-state index < -0.39 is 0 Å². The molecule has 0 aliphatic rings. The van der Waals surface area contributed by atoms with Crippen LogP contribution in [0.4, 0.5) is 0 Å². The van der Waals surface area contributed by atoms with Gasteiger partial charge in [-0.25, -0.2) is 0 Å². The van der Waals surface area contributed by atoms with Gasteiger partial charge >= 0.3 is 0 Å². The quantitative estimate of drug-likeness (QED) is 0.579. The molecule has 0 spiro atoms. The monoisotopic (exact) mass is 407 g/mol. The first kappa shape index (κ1) is 21.0. The average Bonchev–Trinajstić information content (AvgIpc) is 2.81. The molecule has 0 saturated carbocycles. The molecule has 3 aromatic rings. The summed E-state index contributed by atoms with van der Waals surface area (Å²) in [5.41, 5.74) is 2.74. The third kappa shape index (κ3) is 5.03. The number of ether oxygens (including phenoxy) is 4. The predicted molar refractivity (Wildman–Crippen MR) is 115 cm³/mol. The van der Waals surface area contributed by atoms with E-state index in [1.165, 1.54) is 0 Å². The Balaban J connectivity index is 1.64. The van der Waals surface area contributed by atoms with Crippen LogP contribution >= 0.6 is 0 Å². The molecule has 3 rings (SSSR count). The van der Waals surface area contributed by atoms with Crippen molar-refractivity contribution in [2.45, 2.75) is 6.54 Å². The van der Waals surface area contributed by atoms with Crippen molar-refractivity contribution < 1.29 is 23.7 Å². The van der Waals surface area contributed by atoms with Gasteiger partial charge in [-0.15, -0.1) is 0 Å². The fraction of sp³-hybridized carbons (Fsp3) is 0.208. The number of amides is 1. The highest BCUT2D eigenvalue weighted by Crippen LogP contribution is 2.34. The second-order valence-corrected chi connectivity index (χ2v) is 6.45. The lowest BCUT2D eigenvalue weighted by molar-refractivity contribution is -0.123. The van der Waals surface area contributed by atoms with Crippen molar-refractivity contribution in [2.24, 2.45) is 0 Å². The molecule has 1 N–H and O–H groups in total.